The van der Waals surface area contributed by atoms with Crippen LogP contribution in [0, 0.1) is 0 Å². The molecule has 2 heterocycles. The molecule has 0 unspecified atom stereocenters. The van der Waals surface area contributed by atoms with Crippen LogP contribution < -0.4 is 19.7 Å². The first-order valence-electron chi connectivity index (χ1n) is 12.0. The Kier molecular flexibility index (Phi) is 8.26. The summed E-state index contributed by atoms with van der Waals surface area (Å²) in [6.07, 6.45) is 3.82. The van der Waals surface area contributed by atoms with Gasteiger partial charge in [0.2, 0.25) is 0 Å². The topological polar surface area (TPSA) is 80.3 Å². The molecular formula is C27H33N3O5. The number of anilines is 1. The lowest BCUT2D eigenvalue weighted by atomic mass is 10.1. The zero-order valence-electron chi connectivity index (χ0n) is 20.4. The number of benzene rings is 2. The van der Waals surface area contributed by atoms with Gasteiger partial charge in [0.05, 0.1) is 25.4 Å². The fraction of sp³-hybridized carbons (Fsp3) is 0.407. The van der Waals surface area contributed by atoms with E-state index in [0.717, 1.165) is 68.3 Å². The molecule has 2 aliphatic heterocycles. The molecule has 1 saturated heterocycles. The maximum Gasteiger partial charge on any atom is 0.337 e. The number of unbranched alkanes of at least 4 members (excludes halogenated alkanes) is 1. The summed E-state index contributed by atoms with van der Waals surface area (Å²) in [5.74, 6) is 1.11. The summed E-state index contributed by atoms with van der Waals surface area (Å²) < 4.78 is 15.8. The predicted molar refractivity (Wildman–Crippen MR) is 135 cm³/mol. The third-order valence-electron chi connectivity index (χ3n) is 6.41. The Morgan fingerprint density at radius 1 is 1.03 bits per heavy atom. The molecule has 1 N–H and O–H groups in total. The second kappa shape index (κ2) is 11.8. The minimum Gasteiger partial charge on any atom is -0.497 e. The summed E-state index contributed by atoms with van der Waals surface area (Å²) in [6, 6.07) is 13.2. The number of carbonyl (C=O) groups excluding carboxylic acids is 2. The van der Waals surface area contributed by atoms with Gasteiger partial charge in [-0.25, -0.2) is 4.79 Å². The fourth-order valence-corrected chi connectivity index (χ4v) is 4.37. The number of ether oxygens (including phenoxy) is 3. The molecule has 2 aromatic rings. The lowest BCUT2D eigenvalue weighted by Crippen LogP contribution is -2.46. The first kappa shape index (κ1) is 24.6. The lowest BCUT2D eigenvalue weighted by molar-refractivity contribution is -0.117. The largest absolute Gasteiger partial charge is 0.497 e. The van der Waals surface area contributed by atoms with Crippen molar-refractivity contribution in [2.45, 2.75) is 12.8 Å². The van der Waals surface area contributed by atoms with Gasteiger partial charge in [-0.05, 0) is 61.9 Å². The summed E-state index contributed by atoms with van der Waals surface area (Å²) >= 11 is 0. The summed E-state index contributed by atoms with van der Waals surface area (Å²) in [5.41, 5.74) is 3.11. The Balaban J connectivity index is 1.15. The highest BCUT2D eigenvalue weighted by Crippen LogP contribution is 2.30. The molecule has 0 spiro atoms. The van der Waals surface area contributed by atoms with Gasteiger partial charge in [-0.2, -0.15) is 0 Å². The zero-order chi connectivity index (χ0) is 24.6. The van der Waals surface area contributed by atoms with Crippen LogP contribution in [0.15, 0.2) is 48.0 Å². The number of carbonyl (C=O) groups is 2. The molecule has 0 aliphatic carbocycles. The number of nitrogens with zero attached hydrogens (tertiary/aromatic N) is 2. The number of rotatable bonds is 9. The summed E-state index contributed by atoms with van der Waals surface area (Å²) in [5, 5.41) is 3.01. The Morgan fingerprint density at radius 3 is 2.63 bits per heavy atom. The van der Waals surface area contributed by atoms with Crippen molar-refractivity contribution in [3.8, 4) is 11.5 Å². The van der Waals surface area contributed by atoms with Crippen molar-refractivity contribution in [1.29, 1.82) is 0 Å². The molecule has 4 rings (SSSR count). The van der Waals surface area contributed by atoms with Crippen molar-refractivity contribution in [3.05, 3.63) is 59.2 Å². The van der Waals surface area contributed by atoms with Crippen LogP contribution in [0.25, 0.3) is 6.08 Å². The molecule has 0 aromatic heterocycles. The van der Waals surface area contributed by atoms with Crippen molar-refractivity contribution < 1.29 is 23.8 Å². The monoisotopic (exact) mass is 479 g/mol. The van der Waals surface area contributed by atoms with Crippen LogP contribution in [0.4, 0.5) is 5.69 Å². The van der Waals surface area contributed by atoms with Crippen molar-refractivity contribution in [2.75, 3.05) is 65.0 Å². The Bertz CT molecular complexity index is 1080. The van der Waals surface area contributed by atoms with Gasteiger partial charge in [0, 0.05) is 44.0 Å². The van der Waals surface area contributed by atoms with E-state index in [9.17, 15) is 9.59 Å². The van der Waals surface area contributed by atoms with Crippen molar-refractivity contribution in [1.82, 2.24) is 10.2 Å². The lowest BCUT2D eigenvalue weighted by Gasteiger charge is -2.36. The SMILES string of the molecule is COC(=O)c1cccc(N2CCN(CCCCNC(=O)C3=Cc4cc(OC)ccc4OC3)CC2)c1. The van der Waals surface area contributed by atoms with Gasteiger partial charge in [0.1, 0.15) is 18.1 Å². The highest BCUT2D eigenvalue weighted by Gasteiger charge is 2.19. The standard InChI is InChI=1S/C27H33N3O5/c1-33-24-8-9-25-21(18-24)16-22(19-35-25)26(31)28-10-3-4-11-29-12-14-30(15-13-29)23-7-5-6-20(17-23)27(32)34-2/h5-9,16-18H,3-4,10-15,19H2,1-2H3,(H,28,31). The summed E-state index contributed by atoms with van der Waals surface area (Å²) in [6.45, 7) is 5.71. The van der Waals surface area contributed by atoms with Crippen LogP contribution in [0.2, 0.25) is 0 Å². The molecule has 8 heteroatoms. The van der Waals surface area contributed by atoms with E-state index in [1.807, 2.05) is 42.5 Å². The molecule has 1 fully saturated rings. The third kappa shape index (κ3) is 6.33. The molecule has 0 radical (unpaired) electrons. The molecule has 0 bridgehead atoms. The average molecular weight is 480 g/mol. The molecule has 2 aliphatic rings. The predicted octanol–water partition coefficient (Wildman–Crippen LogP) is 2.98. The summed E-state index contributed by atoms with van der Waals surface area (Å²) in [7, 11) is 3.02. The number of methoxy groups -OCH3 is 2. The Labute approximate surface area is 206 Å². The van der Waals surface area contributed by atoms with Crippen LogP contribution in [0.5, 0.6) is 11.5 Å². The van der Waals surface area contributed by atoms with E-state index in [1.54, 1.807) is 13.2 Å². The van der Waals surface area contributed by atoms with Crippen molar-refractivity contribution in [2.24, 2.45) is 0 Å². The van der Waals surface area contributed by atoms with E-state index >= 15 is 0 Å². The second-order valence-electron chi connectivity index (χ2n) is 8.70. The van der Waals surface area contributed by atoms with E-state index in [0.29, 0.717) is 17.7 Å². The third-order valence-corrected chi connectivity index (χ3v) is 6.41. The van der Waals surface area contributed by atoms with Crippen LogP contribution >= 0.6 is 0 Å². The van der Waals surface area contributed by atoms with Gasteiger partial charge in [0.15, 0.2) is 0 Å². The molecule has 2 aromatic carbocycles. The van der Waals surface area contributed by atoms with E-state index in [2.05, 4.69) is 15.1 Å². The number of piperazine rings is 1. The van der Waals surface area contributed by atoms with Crippen LogP contribution in [0.1, 0.15) is 28.8 Å². The molecular weight excluding hydrogens is 446 g/mol. The van der Waals surface area contributed by atoms with Gasteiger partial charge < -0.3 is 24.4 Å². The number of esters is 1. The first-order valence-corrected chi connectivity index (χ1v) is 12.0. The first-order chi connectivity index (χ1) is 17.1. The average Bonchev–Trinajstić information content (AvgIpc) is 2.92. The van der Waals surface area contributed by atoms with E-state index in [1.165, 1.54) is 7.11 Å². The molecule has 1 amide bonds. The number of amides is 1. The second-order valence-corrected chi connectivity index (χ2v) is 8.70. The molecule has 0 saturated carbocycles. The molecule has 186 valence electrons. The van der Waals surface area contributed by atoms with E-state index in [4.69, 9.17) is 14.2 Å². The van der Waals surface area contributed by atoms with Gasteiger partial charge in [-0.1, -0.05) is 6.07 Å². The van der Waals surface area contributed by atoms with Crippen LogP contribution in [0.3, 0.4) is 0 Å². The van der Waals surface area contributed by atoms with Gasteiger partial charge in [-0.3, -0.25) is 9.69 Å². The maximum absolute atomic E-state index is 12.5. The minimum atomic E-state index is -0.310. The zero-order valence-corrected chi connectivity index (χ0v) is 20.4. The van der Waals surface area contributed by atoms with Crippen molar-refractivity contribution in [3.63, 3.8) is 0 Å². The van der Waals surface area contributed by atoms with E-state index in [-0.39, 0.29) is 18.5 Å². The maximum atomic E-state index is 12.5. The number of nitrogens with one attached hydrogen (secondary N) is 1. The minimum absolute atomic E-state index is 0.0822. The Morgan fingerprint density at radius 2 is 1.86 bits per heavy atom. The van der Waals surface area contributed by atoms with Gasteiger partial charge in [-0.15, -0.1) is 0 Å². The van der Waals surface area contributed by atoms with Gasteiger partial charge in [0.25, 0.3) is 5.91 Å². The number of hydrogen-bond donors (Lipinski definition) is 1. The number of fused-ring (bicyclic) bond motifs is 1. The molecule has 0 atom stereocenters. The highest BCUT2D eigenvalue weighted by molar-refractivity contribution is 5.99. The van der Waals surface area contributed by atoms with Crippen LogP contribution in [-0.4, -0.2) is 76.9 Å². The van der Waals surface area contributed by atoms with Crippen molar-refractivity contribution >= 4 is 23.6 Å². The normalized spacial score (nSPS) is 15.5. The smallest absolute Gasteiger partial charge is 0.337 e. The van der Waals surface area contributed by atoms with Crippen LogP contribution in [-0.2, 0) is 9.53 Å². The molecule has 8 nitrogen and oxygen atoms in total. The molecule has 35 heavy (non-hydrogen) atoms. The quantitative estimate of drug-likeness (QED) is 0.438. The fourth-order valence-electron chi connectivity index (χ4n) is 4.37. The summed E-state index contributed by atoms with van der Waals surface area (Å²) in [4.78, 5) is 29.1. The van der Waals surface area contributed by atoms with E-state index < -0.39 is 0 Å². The van der Waals surface area contributed by atoms with Gasteiger partial charge >= 0.3 is 5.97 Å². The highest BCUT2D eigenvalue weighted by atomic mass is 16.5. The number of hydrogen-bond acceptors (Lipinski definition) is 7. The Hall–Kier alpha value is -3.52.